The highest BCUT2D eigenvalue weighted by atomic mass is 32.2. The number of rotatable bonds is 3. The van der Waals surface area contributed by atoms with Gasteiger partial charge in [-0.15, -0.1) is 0 Å². The Kier molecular flexibility index (Phi) is 1.80. The molecule has 1 aliphatic rings. The third kappa shape index (κ3) is 1.65. The second-order valence-corrected chi connectivity index (χ2v) is 3.64. The molecule has 0 aromatic carbocycles. The zero-order chi connectivity index (χ0) is 6.04. The third-order valence-electron chi connectivity index (χ3n) is 1.28. The Balaban J connectivity index is 2.01. The Hall–Kier alpha value is 0.270. The number of nitrogens with one attached hydrogen (secondary N) is 1. The first-order chi connectivity index (χ1) is 3.77. The van der Waals surface area contributed by atoms with Crippen molar-refractivity contribution < 1.29 is 4.28 Å². The molecule has 2 nitrogen and oxygen atoms in total. The third-order valence-corrected chi connectivity index (χ3v) is 2.34. The van der Waals surface area contributed by atoms with Crippen LogP contribution in [0.5, 0.6) is 0 Å². The summed E-state index contributed by atoms with van der Waals surface area (Å²) in [6.07, 6.45) is 2.58. The van der Waals surface area contributed by atoms with Crippen LogP contribution in [0, 0.1) is 0 Å². The van der Waals surface area contributed by atoms with Crippen molar-refractivity contribution in [1.29, 1.82) is 0 Å². The standard InChI is InChI=1S/C5H11NOS/c1-5(3-4-5)8-7-6-2/h6H,3-4H2,1-2H3. The van der Waals surface area contributed by atoms with E-state index in [1.165, 1.54) is 24.9 Å². The maximum absolute atomic E-state index is 4.93. The minimum Gasteiger partial charge on any atom is -0.231 e. The van der Waals surface area contributed by atoms with Crippen molar-refractivity contribution in [2.24, 2.45) is 0 Å². The largest absolute Gasteiger partial charge is 0.231 e. The monoisotopic (exact) mass is 133 g/mol. The van der Waals surface area contributed by atoms with Gasteiger partial charge in [0.2, 0.25) is 0 Å². The van der Waals surface area contributed by atoms with Gasteiger partial charge in [-0.05, 0) is 19.8 Å². The first-order valence-electron chi connectivity index (χ1n) is 2.78. The van der Waals surface area contributed by atoms with E-state index in [9.17, 15) is 0 Å². The van der Waals surface area contributed by atoms with Crippen molar-refractivity contribution in [1.82, 2.24) is 5.48 Å². The summed E-state index contributed by atoms with van der Waals surface area (Å²) in [6, 6.07) is 0. The summed E-state index contributed by atoms with van der Waals surface area (Å²) in [5, 5.41) is 0. The summed E-state index contributed by atoms with van der Waals surface area (Å²) in [5.41, 5.74) is 2.63. The molecule has 0 amide bonds. The van der Waals surface area contributed by atoms with Gasteiger partial charge in [0.1, 0.15) is 0 Å². The molecule has 0 aromatic rings. The van der Waals surface area contributed by atoms with Crippen LogP contribution >= 0.6 is 12.0 Å². The molecule has 0 heterocycles. The van der Waals surface area contributed by atoms with Crippen LogP contribution in [0.2, 0.25) is 0 Å². The van der Waals surface area contributed by atoms with Crippen LogP contribution in [0.3, 0.4) is 0 Å². The summed E-state index contributed by atoms with van der Waals surface area (Å²) >= 11 is 1.53. The van der Waals surface area contributed by atoms with Gasteiger partial charge < -0.3 is 0 Å². The van der Waals surface area contributed by atoms with E-state index in [-0.39, 0.29) is 0 Å². The van der Waals surface area contributed by atoms with Crippen LogP contribution in [-0.2, 0) is 4.28 Å². The SMILES string of the molecule is CNOSC1(C)CC1. The van der Waals surface area contributed by atoms with Gasteiger partial charge in [-0.25, -0.2) is 4.28 Å². The van der Waals surface area contributed by atoms with Crippen molar-refractivity contribution in [3.8, 4) is 0 Å². The molecule has 1 aliphatic carbocycles. The zero-order valence-corrected chi connectivity index (χ0v) is 6.05. The molecule has 1 saturated carbocycles. The van der Waals surface area contributed by atoms with Crippen LogP contribution in [0.25, 0.3) is 0 Å². The van der Waals surface area contributed by atoms with E-state index in [1.807, 2.05) is 0 Å². The molecule has 3 heteroatoms. The van der Waals surface area contributed by atoms with Gasteiger partial charge in [-0.1, -0.05) is 0 Å². The molecule has 0 aliphatic heterocycles. The lowest BCUT2D eigenvalue weighted by atomic mass is 10.5. The van der Waals surface area contributed by atoms with Crippen LogP contribution in [-0.4, -0.2) is 11.8 Å². The number of hydroxylamine groups is 1. The summed E-state index contributed by atoms with van der Waals surface area (Å²) in [7, 11) is 1.78. The fourth-order valence-electron chi connectivity index (χ4n) is 0.402. The quantitative estimate of drug-likeness (QED) is 0.463. The second-order valence-electron chi connectivity index (χ2n) is 2.32. The second kappa shape index (κ2) is 2.25. The van der Waals surface area contributed by atoms with Gasteiger partial charge in [0.05, 0.1) is 0 Å². The number of hydrogen-bond acceptors (Lipinski definition) is 3. The Morgan fingerprint density at radius 2 is 2.25 bits per heavy atom. The van der Waals surface area contributed by atoms with E-state index in [0.717, 1.165) is 0 Å². The lowest BCUT2D eigenvalue weighted by Gasteiger charge is -2.03. The Bertz CT molecular complexity index is 82.5. The van der Waals surface area contributed by atoms with Gasteiger partial charge in [-0.2, -0.15) is 5.48 Å². The van der Waals surface area contributed by atoms with Gasteiger partial charge in [0.15, 0.2) is 0 Å². The lowest BCUT2D eigenvalue weighted by molar-refractivity contribution is 0.269. The maximum atomic E-state index is 4.93. The molecular formula is C5H11NOS. The summed E-state index contributed by atoms with van der Waals surface area (Å²) in [4.78, 5) is 0. The van der Waals surface area contributed by atoms with E-state index < -0.39 is 0 Å². The highest BCUT2D eigenvalue weighted by Gasteiger charge is 2.39. The molecule has 48 valence electrons. The predicted octanol–water partition coefficient (Wildman–Crippen LogP) is 1.34. The molecule has 0 saturated heterocycles. The van der Waals surface area contributed by atoms with Gasteiger partial charge in [-0.3, -0.25) is 0 Å². The average Bonchev–Trinajstić information content (AvgIpc) is 2.45. The minimum atomic E-state index is 0.434. The molecule has 0 bridgehead atoms. The zero-order valence-electron chi connectivity index (χ0n) is 5.23. The fourth-order valence-corrected chi connectivity index (χ4v) is 0.955. The van der Waals surface area contributed by atoms with Crippen molar-refractivity contribution in [3.05, 3.63) is 0 Å². The van der Waals surface area contributed by atoms with Crippen LogP contribution < -0.4 is 5.48 Å². The topological polar surface area (TPSA) is 21.3 Å². The Morgan fingerprint density at radius 3 is 2.62 bits per heavy atom. The van der Waals surface area contributed by atoms with Gasteiger partial charge >= 0.3 is 0 Å². The molecule has 0 unspecified atom stereocenters. The minimum absolute atomic E-state index is 0.434. The van der Waals surface area contributed by atoms with Gasteiger partial charge in [0.25, 0.3) is 0 Å². The summed E-state index contributed by atoms with van der Waals surface area (Å²) < 4.78 is 5.36. The average molecular weight is 133 g/mol. The smallest absolute Gasteiger partial charge is 0.0415 e. The van der Waals surface area contributed by atoms with Crippen LogP contribution in [0.15, 0.2) is 0 Å². The molecule has 1 fully saturated rings. The van der Waals surface area contributed by atoms with Crippen molar-refractivity contribution in [3.63, 3.8) is 0 Å². The molecular weight excluding hydrogens is 122 g/mol. The molecule has 8 heavy (non-hydrogen) atoms. The summed E-state index contributed by atoms with van der Waals surface area (Å²) in [6.45, 7) is 2.20. The van der Waals surface area contributed by atoms with E-state index in [0.29, 0.717) is 4.75 Å². The highest BCUT2D eigenvalue weighted by molar-refractivity contribution is 7.96. The fraction of sp³-hybridized carbons (Fsp3) is 1.00. The maximum Gasteiger partial charge on any atom is 0.0415 e. The van der Waals surface area contributed by atoms with Crippen LogP contribution in [0.1, 0.15) is 19.8 Å². The Labute approximate surface area is 54.1 Å². The molecule has 1 N–H and O–H groups in total. The molecule has 0 aromatic heterocycles. The van der Waals surface area contributed by atoms with E-state index in [4.69, 9.17) is 4.28 Å². The first-order valence-corrected chi connectivity index (χ1v) is 3.52. The Morgan fingerprint density at radius 1 is 1.62 bits per heavy atom. The molecule has 0 radical (unpaired) electrons. The molecule has 0 spiro atoms. The molecule has 1 rings (SSSR count). The van der Waals surface area contributed by atoms with Crippen LogP contribution in [0.4, 0.5) is 0 Å². The number of hydrogen-bond donors (Lipinski definition) is 1. The van der Waals surface area contributed by atoms with E-state index in [1.54, 1.807) is 7.05 Å². The van der Waals surface area contributed by atoms with Crippen molar-refractivity contribution in [2.75, 3.05) is 7.05 Å². The van der Waals surface area contributed by atoms with Gasteiger partial charge in [0, 0.05) is 23.8 Å². The molecule has 0 atom stereocenters. The van der Waals surface area contributed by atoms with E-state index in [2.05, 4.69) is 12.4 Å². The lowest BCUT2D eigenvalue weighted by Crippen LogP contribution is -2.05. The highest BCUT2D eigenvalue weighted by Crippen LogP contribution is 2.47. The van der Waals surface area contributed by atoms with Crippen molar-refractivity contribution >= 4 is 12.0 Å². The first kappa shape index (κ1) is 6.39. The predicted molar refractivity (Wildman–Crippen MR) is 35.4 cm³/mol. The summed E-state index contributed by atoms with van der Waals surface area (Å²) in [5.74, 6) is 0. The van der Waals surface area contributed by atoms with E-state index >= 15 is 0 Å². The van der Waals surface area contributed by atoms with Crippen molar-refractivity contribution in [2.45, 2.75) is 24.5 Å². The normalized spacial score (nSPS) is 23.2.